The number of rotatable bonds is 4. The number of amides is 1. The molecular weight excluding hydrogens is 240 g/mol. The first-order valence-corrected chi connectivity index (χ1v) is 4.85. The van der Waals surface area contributed by atoms with Crippen LogP contribution in [0.2, 0.25) is 0 Å². The smallest absolute Gasteiger partial charge is 0.270 e. The Labute approximate surface area is 102 Å². The monoisotopic (exact) mass is 249 g/mol. The van der Waals surface area contributed by atoms with Crippen LogP contribution in [0, 0.1) is 10.1 Å². The van der Waals surface area contributed by atoms with Crippen LogP contribution in [0.5, 0.6) is 0 Å². The van der Waals surface area contributed by atoms with Gasteiger partial charge in [-0.05, 0) is 11.6 Å². The summed E-state index contributed by atoms with van der Waals surface area (Å²) in [5, 5.41) is 23.3. The third kappa shape index (κ3) is 3.71. The summed E-state index contributed by atoms with van der Waals surface area (Å²) in [4.78, 5) is 31.4. The first kappa shape index (κ1) is 13.4. The van der Waals surface area contributed by atoms with Crippen LogP contribution in [-0.2, 0) is 9.59 Å². The zero-order valence-corrected chi connectivity index (χ0v) is 9.38. The number of carboxylic acid groups (broad SMARTS) is 1. The van der Waals surface area contributed by atoms with Gasteiger partial charge in [0.2, 0.25) is 5.91 Å². The van der Waals surface area contributed by atoms with Gasteiger partial charge in [-0.2, -0.15) is 0 Å². The molecule has 7 nitrogen and oxygen atoms in total. The number of carbonyl (C=O) groups excluding carboxylic acids is 2. The van der Waals surface area contributed by atoms with Crippen molar-refractivity contribution in [2.75, 3.05) is 0 Å². The van der Waals surface area contributed by atoms with E-state index < -0.39 is 22.5 Å². The average Bonchev–Trinajstić information content (AvgIpc) is 2.27. The summed E-state index contributed by atoms with van der Waals surface area (Å²) in [5.74, 6) is -2.15. The third-order valence-corrected chi connectivity index (χ3v) is 1.92. The Bertz CT molecular complexity index is 536. The summed E-state index contributed by atoms with van der Waals surface area (Å²) >= 11 is 0. The molecule has 0 radical (unpaired) electrons. The number of carbonyl (C=O) groups is 2. The molecule has 94 valence electrons. The second-order valence-corrected chi connectivity index (χ2v) is 3.38. The van der Waals surface area contributed by atoms with Crippen LogP contribution in [0.4, 0.5) is 5.69 Å². The Morgan fingerprint density at radius 2 is 2.06 bits per heavy atom. The maximum absolute atomic E-state index is 10.8. The molecule has 0 aliphatic rings. The van der Waals surface area contributed by atoms with Gasteiger partial charge in [0.05, 0.1) is 16.6 Å². The lowest BCUT2D eigenvalue weighted by molar-refractivity contribution is -0.384. The predicted octanol–water partition coefficient (Wildman–Crippen LogP) is -0.178. The second kappa shape index (κ2) is 5.58. The Morgan fingerprint density at radius 1 is 1.39 bits per heavy atom. The third-order valence-electron chi connectivity index (χ3n) is 1.92. The lowest BCUT2D eigenvalue weighted by atomic mass is 10.1. The summed E-state index contributed by atoms with van der Waals surface area (Å²) in [5.41, 5.74) is -0.357. The van der Waals surface area contributed by atoms with Crippen molar-refractivity contribution in [2.45, 2.75) is 6.92 Å². The molecule has 1 aromatic carbocycles. The molecule has 0 spiro atoms. The van der Waals surface area contributed by atoms with Crippen molar-refractivity contribution in [3.05, 3.63) is 45.6 Å². The molecule has 0 aliphatic carbocycles. The number of nitro groups is 1. The first-order chi connectivity index (χ1) is 8.40. The molecule has 18 heavy (non-hydrogen) atoms. The van der Waals surface area contributed by atoms with Gasteiger partial charge in [0.1, 0.15) is 0 Å². The van der Waals surface area contributed by atoms with Gasteiger partial charge in [-0.3, -0.25) is 14.9 Å². The molecule has 0 bridgehead atoms. The van der Waals surface area contributed by atoms with E-state index in [1.165, 1.54) is 24.3 Å². The number of benzene rings is 1. The zero-order valence-electron chi connectivity index (χ0n) is 9.38. The largest absolute Gasteiger partial charge is 0.543 e. The molecule has 7 heteroatoms. The Morgan fingerprint density at radius 3 is 2.56 bits per heavy atom. The average molecular weight is 249 g/mol. The Kier molecular flexibility index (Phi) is 4.14. The number of hydrogen-bond acceptors (Lipinski definition) is 5. The maximum atomic E-state index is 10.8. The maximum Gasteiger partial charge on any atom is 0.270 e. The van der Waals surface area contributed by atoms with Crippen LogP contribution in [-0.4, -0.2) is 16.8 Å². The fourth-order valence-electron chi connectivity index (χ4n) is 1.23. The number of aliphatic carboxylic acids is 1. The van der Waals surface area contributed by atoms with Gasteiger partial charge in [-0.1, -0.05) is 12.1 Å². The fraction of sp³-hybridized carbons (Fsp3) is 0.0909. The number of nitrogens with one attached hydrogen (secondary N) is 1. The van der Waals surface area contributed by atoms with E-state index in [1.54, 1.807) is 0 Å². The number of carboxylic acids is 1. The van der Waals surface area contributed by atoms with E-state index >= 15 is 0 Å². The van der Waals surface area contributed by atoms with E-state index in [0.717, 1.165) is 13.0 Å². The zero-order chi connectivity index (χ0) is 13.7. The lowest BCUT2D eigenvalue weighted by Gasteiger charge is -2.08. The van der Waals surface area contributed by atoms with Gasteiger partial charge in [0, 0.05) is 19.1 Å². The summed E-state index contributed by atoms with van der Waals surface area (Å²) < 4.78 is 0. The SMILES string of the molecule is CC(=O)N/C(=C\c1cccc([N+](=O)[O-])c1)C(=O)[O-]. The molecule has 0 aromatic heterocycles. The molecule has 0 saturated carbocycles. The van der Waals surface area contributed by atoms with Crippen molar-refractivity contribution in [3.8, 4) is 0 Å². The highest BCUT2D eigenvalue weighted by Gasteiger charge is 2.06. The minimum absolute atomic E-state index is 0.177. The molecule has 1 aromatic rings. The van der Waals surface area contributed by atoms with Crippen molar-refractivity contribution < 1.29 is 19.6 Å². The summed E-state index contributed by atoms with van der Waals surface area (Å²) in [6, 6.07) is 5.33. The fourth-order valence-corrected chi connectivity index (χ4v) is 1.23. The molecule has 0 saturated heterocycles. The normalized spacial score (nSPS) is 10.8. The van der Waals surface area contributed by atoms with E-state index in [0.29, 0.717) is 0 Å². The quantitative estimate of drug-likeness (QED) is 0.452. The summed E-state index contributed by atoms with van der Waals surface area (Å²) in [6.07, 6.45) is 1.09. The van der Waals surface area contributed by atoms with Crippen molar-refractivity contribution in [1.29, 1.82) is 0 Å². The number of nitro benzene ring substituents is 1. The highest BCUT2D eigenvalue weighted by molar-refractivity contribution is 5.95. The number of hydrogen-bond donors (Lipinski definition) is 1. The van der Waals surface area contributed by atoms with Gasteiger partial charge in [-0.15, -0.1) is 0 Å². The minimum atomic E-state index is -1.57. The first-order valence-electron chi connectivity index (χ1n) is 4.85. The van der Waals surface area contributed by atoms with Crippen molar-refractivity contribution in [3.63, 3.8) is 0 Å². The van der Waals surface area contributed by atoms with Crippen molar-refractivity contribution >= 4 is 23.6 Å². The van der Waals surface area contributed by atoms with Gasteiger partial charge in [0.15, 0.2) is 0 Å². The van der Waals surface area contributed by atoms with Crippen LogP contribution in [0.1, 0.15) is 12.5 Å². The van der Waals surface area contributed by atoms with Gasteiger partial charge >= 0.3 is 0 Å². The molecular formula is C11H9N2O5-. The molecule has 1 N–H and O–H groups in total. The van der Waals surface area contributed by atoms with Gasteiger partial charge < -0.3 is 15.2 Å². The van der Waals surface area contributed by atoms with Crippen LogP contribution in [0.15, 0.2) is 30.0 Å². The van der Waals surface area contributed by atoms with E-state index in [1.807, 2.05) is 0 Å². The van der Waals surface area contributed by atoms with Gasteiger partial charge in [-0.25, -0.2) is 0 Å². The molecule has 0 fully saturated rings. The standard InChI is InChI=1S/C11H10N2O5/c1-7(14)12-10(11(15)16)6-8-3-2-4-9(5-8)13(17)18/h2-6H,1H3,(H,12,14)(H,15,16)/p-1/b10-6-. The van der Waals surface area contributed by atoms with Crippen molar-refractivity contribution in [1.82, 2.24) is 5.32 Å². The molecule has 0 unspecified atom stereocenters. The number of nitrogens with zero attached hydrogens (tertiary/aromatic N) is 1. The molecule has 0 aliphatic heterocycles. The lowest BCUT2D eigenvalue weighted by Crippen LogP contribution is -2.34. The van der Waals surface area contributed by atoms with E-state index in [2.05, 4.69) is 5.32 Å². The minimum Gasteiger partial charge on any atom is -0.543 e. The molecule has 1 rings (SSSR count). The van der Waals surface area contributed by atoms with Crippen LogP contribution in [0.25, 0.3) is 6.08 Å². The second-order valence-electron chi connectivity index (χ2n) is 3.38. The molecule has 0 atom stereocenters. The summed E-state index contributed by atoms with van der Waals surface area (Å²) in [6.45, 7) is 1.14. The highest BCUT2D eigenvalue weighted by atomic mass is 16.6. The molecule has 0 heterocycles. The van der Waals surface area contributed by atoms with Gasteiger partial charge in [0.25, 0.3) is 5.69 Å². The number of non-ortho nitro benzene ring substituents is 1. The van der Waals surface area contributed by atoms with E-state index in [-0.39, 0.29) is 11.3 Å². The van der Waals surface area contributed by atoms with E-state index in [4.69, 9.17) is 0 Å². The van der Waals surface area contributed by atoms with Crippen molar-refractivity contribution in [2.24, 2.45) is 0 Å². The molecule has 1 amide bonds. The van der Waals surface area contributed by atoms with Crippen LogP contribution in [0.3, 0.4) is 0 Å². The van der Waals surface area contributed by atoms with E-state index in [9.17, 15) is 24.8 Å². The van der Waals surface area contributed by atoms with Crippen LogP contribution >= 0.6 is 0 Å². The Balaban J connectivity index is 3.11. The predicted molar refractivity (Wildman–Crippen MR) is 59.9 cm³/mol. The highest BCUT2D eigenvalue weighted by Crippen LogP contribution is 2.15. The van der Waals surface area contributed by atoms with Crippen LogP contribution < -0.4 is 10.4 Å². The topological polar surface area (TPSA) is 112 Å². The summed E-state index contributed by atoms with van der Waals surface area (Å²) in [7, 11) is 0. The Hall–Kier alpha value is -2.70.